The van der Waals surface area contributed by atoms with Gasteiger partial charge in [-0.15, -0.1) is 22.7 Å². The average Bonchev–Trinajstić information content (AvgIpc) is 3.23. The van der Waals surface area contributed by atoms with Crippen molar-refractivity contribution in [3.63, 3.8) is 0 Å². The summed E-state index contributed by atoms with van der Waals surface area (Å²) in [6.07, 6.45) is 3.94. The fraction of sp³-hybridized carbons (Fsp3) is 0.0625. The molecule has 114 valence electrons. The molecule has 0 fully saturated rings. The Balaban J connectivity index is 1.71. The number of para-hydroxylation sites is 1. The van der Waals surface area contributed by atoms with Crippen LogP contribution in [-0.4, -0.2) is 20.3 Å². The molecule has 0 aliphatic carbocycles. The molecule has 0 atom stereocenters. The molecule has 3 heterocycles. The van der Waals surface area contributed by atoms with Crippen LogP contribution in [0.25, 0.3) is 16.2 Å². The number of hydrogen-bond acceptors (Lipinski definition) is 5. The van der Waals surface area contributed by atoms with Crippen LogP contribution in [0.1, 0.15) is 15.4 Å². The van der Waals surface area contributed by atoms with E-state index in [0.717, 1.165) is 27.6 Å². The maximum absolute atomic E-state index is 12.4. The first kappa shape index (κ1) is 14.1. The van der Waals surface area contributed by atoms with Crippen molar-refractivity contribution in [1.82, 2.24) is 14.4 Å². The molecule has 4 aromatic rings. The molecule has 1 amide bonds. The molecular formula is C16H12N4OS2. The summed E-state index contributed by atoms with van der Waals surface area (Å²) in [6.45, 7) is 1.83. The topological polar surface area (TPSA) is 59.3 Å². The van der Waals surface area contributed by atoms with Crippen molar-refractivity contribution in [3.05, 3.63) is 58.1 Å². The molecule has 0 saturated heterocycles. The number of hydrogen-bond donors (Lipinski definition) is 1. The number of amides is 1. The third-order valence-corrected chi connectivity index (χ3v) is 5.19. The van der Waals surface area contributed by atoms with Crippen LogP contribution in [0.2, 0.25) is 0 Å². The molecule has 7 heteroatoms. The molecule has 0 aliphatic heterocycles. The Bertz CT molecular complexity index is 970. The van der Waals surface area contributed by atoms with Crippen LogP contribution in [0.3, 0.4) is 0 Å². The lowest BCUT2D eigenvalue weighted by molar-refractivity contribution is 0.103. The number of carbonyl (C=O) groups excluding carboxylic acids is 1. The van der Waals surface area contributed by atoms with Crippen molar-refractivity contribution in [2.45, 2.75) is 6.92 Å². The lowest BCUT2D eigenvalue weighted by Gasteiger charge is -2.08. The summed E-state index contributed by atoms with van der Waals surface area (Å²) in [4.78, 5) is 22.7. The van der Waals surface area contributed by atoms with Crippen LogP contribution in [0, 0.1) is 6.92 Å². The normalized spacial score (nSPS) is 11.0. The number of benzene rings is 1. The minimum Gasteiger partial charge on any atom is -0.321 e. The summed E-state index contributed by atoms with van der Waals surface area (Å²) in [6, 6.07) is 7.69. The number of aromatic nitrogens is 3. The lowest BCUT2D eigenvalue weighted by atomic mass is 10.1. The van der Waals surface area contributed by atoms with Gasteiger partial charge in [0.05, 0.1) is 22.6 Å². The van der Waals surface area contributed by atoms with E-state index < -0.39 is 0 Å². The predicted molar refractivity (Wildman–Crippen MR) is 93.3 cm³/mol. The highest BCUT2D eigenvalue weighted by Gasteiger charge is 2.15. The van der Waals surface area contributed by atoms with E-state index in [9.17, 15) is 4.79 Å². The van der Waals surface area contributed by atoms with E-state index in [2.05, 4.69) is 15.3 Å². The molecule has 0 bridgehead atoms. The summed E-state index contributed by atoms with van der Waals surface area (Å²) in [7, 11) is 0. The first-order valence-electron chi connectivity index (χ1n) is 6.95. The minimum atomic E-state index is -0.140. The van der Waals surface area contributed by atoms with Gasteiger partial charge in [-0.05, 0) is 13.0 Å². The Morgan fingerprint density at radius 1 is 1.26 bits per heavy atom. The van der Waals surface area contributed by atoms with Crippen molar-refractivity contribution >= 4 is 39.2 Å². The summed E-state index contributed by atoms with van der Waals surface area (Å²) >= 11 is 2.92. The molecule has 4 rings (SSSR count). The Labute approximate surface area is 140 Å². The van der Waals surface area contributed by atoms with Crippen molar-refractivity contribution < 1.29 is 4.79 Å². The number of thiazole rings is 2. The largest absolute Gasteiger partial charge is 0.321 e. The van der Waals surface area contributed by atoms with Gasteiger partial charge in [-0.2, -0.15) is 0 Å². The molecule has 1 aromatic carbocycles. The highest BCUT2D eigenvalue weighted by molar-refractivity contribution is 7.15. The number of fused-ring (bicyclic) bond motifs is 1. The van der Waals surface area contributed by atoms with Gasteiger partial charge in [0, 0.05) is 23.3 Å². The van der Waals surface area contributed by atoms with Crippen LogP contribution in [0.15, 0.2) is 47.5 Å². The van der Waals surface area contributed by atoms with Crippen molar-refractivity contribution in [2.75, 3.05) is 5.32 Å². The summed E-state index contributed by atoms with van der Waals surface area (Å²) in [5.74, 6) is -0.140. The Morgan fingerprint density at radius 3 is 2.91 bits per heavy atom. The Kier molecular flexibility index (Phi) is 3.44. The van der Waals surface area contributed by atoms with E-state index in [1.165, 1.54) is 11.3 Å². The molecule has 0 saturated carbocycles. The lowest BCUT2D eigenvalue weighted by Crippen LogP contribution is -2.12. The van der Waals surface area contributed by atoms with E-state index in [-0.39, 0.29) is 5.91 Å². The molecule has 23 heavy (non-hydrogen) atoms. The van der Waals surface area contributed by atoms with Gasteiger partial charge in [-0.1, -0.05) is 18.2 Å². The van der Waals surface area contributed by atoms with Gasteiger partial charge in [-0.3, -0.25) is 9.20 Å². The molecule has 0 unspecified atom stereocenters. The fourth-order valence-electron chi connectivity index (χ4n) is 2.37. The van der Waals surface area contributed by atoms with Crippen molar-refractivity contribution in [3.8, 4) is 11.3 Å². The van der Waals surface area contributed by atoms with E-state index in [0.29, 0.717) is 4.88 Å². The van der Waals surface area contributed by atoms with Gasteiger partial charge in [0.15, 0.2) is 4.96 Å². The van der Waals surface area contributed by atoms with Gasteiger partial charge in [0.2, 0.25) is 0 Å². The summed E-state index contributed by atoms with van der Waals surface area (Å²) in [5.41, 5.74) is 4.91. The SMILES string of the molecule is Cc1ncsc1C(=O)Nc1ccccc1-c1cn2ccsc2n1. The monoisotopic (exact) mass is 340 g/mol. The van der Waals surface area contributed by atoms with Crippen molar-refractivity contribution in [1.29, 1.82) is 0 Å². The molecule has 0 spiro atoms. The van der Waals surface area contributed by atoms with Crippen LogP contribution in [0.4, 0.5) is 5.69 Å². The molecule has 0 radical (unpaired) electrons. The predicted octanol–water partition coefficient (Wildman–Crippen LogP) is 4.08. The van der Waals surface area contributed by atoms with Crippen LogP contribution in [-0.2, 0) is 0 Å². The second-order valence-electron chi connectivity index (χ2n) is 4.99. The highest BCUT2D eigenvalue weighted by Crippen LogP contribution is 2.29. The van der Waals surface area contributed by atoms with E-state index in [1.54, 1.807) is 16.8 Å². The molecule has 3 aromatic heterocycles. The number of nitrogens with one attached hydrogen (secondary N) is 1. The van der Waals surface area contributed by atoms with E-state index >= 15 is 0 Å². The second kappa shape index (κ2) is 5.60. The third-order valence-electron chi connectivity index (χ3n) is 3.50. The highest BCUT2D eigenvalue weighted by atomic mass is 32.1. The van der Waals surface area contributed by atoms with Gasteiger partial charge >= 0.3 is 0 Å². The molecule has 5 nitrogen and oxygen atoms in total. The molecule has 1 N–H and O–H groups in total. The number of anilines is 1. The standard InChI is InChI=1S/C16H12N4OS2/c1-10-14(23-9-17-10)15(21)18-12-5-3-2-4-11(12)13-8-20-6-7-22-16(20)19-13/h2-9H,1H3,(H,18,21). The van der Waals surface area contributed by atoms with Crippen molar-refractivity contribution in [2.24, 2.45) is 0 Å². The maximum Gasteiger partial charge on any atom is 0.267 e. The smallest absolute Gasteiger partial charge is 0.267 e. The minimum absolute atomic E-state index is 0.140. The van der Waals surface area contributed by atoms with Gasteiger partial charge < -0.3 is 5.32 Å². The number of rotatable bonds is 3. The molecule has 0 aliphatic rings. The first-order chi connectivity index (χ1) is 11.2. The maximum atomic E-state index is 12.4. The summed E-state index contributed by atoms with van der Waals surface area (Å²) in [5, 5.41) is 4.97. The average molecular weight is 340 g/mol. The first-order valence-corrected chi connectivity index (χ1v) is 8.71. The Morgan fingerprint density at radius 2 is 2.13 bits per heavy atom. The van der Waals surface area contributed by atoms with Crippen LogP contribution >= 0.6 is 22.7 Å². The number of aryl methyl sites for hydroxylation is 1. The zero-order chi connectivity index (χ0) is 15.8. The van der Waals surface area contributed by atoms with Crippen LogP contribution < -0.4 is 5.32 Å². The number of imidazole rings is 1. The Hall–Kier alpha value is -2.51. The fourth-order valence-corrected chi connectivity index (χ4v) is 3.77. The van der Waals surface area contributed by atoms with Gasteiger partial charge in [0.25, 0.3) is 5.91 Å². The van der Waals surface area contributed by atoms with Gasteiger partial charge in [-0.25, -0.2) is 9.97 Å². The summed E-state index contributed by atoms with van der Waals surface area (Å²) < 4.78 is 1.98. The number of carbonyl (C=O) groups is 1. The van der Waals surface area contributed by atoms with Crippen LogP contribution in [0.5, 0.6) is 0 Å². The van der Waals surface area contributed by atoms with Gasteiger partial charge in [0.1, 0.15) is 4.88 Å². The second-order valence-corrected chi connectivity index (χ2v) is 6.71. The van der Waals surface area contributed by atoms with E-state index in [4.69, 9.17) is 0 Å². The zero-order valence-electron chi connectivity index (χ0n) is 12.2. The third kappa shape index (κ3) is 2.54. The molecular weight excluding hydrogens is 328 g/mol. The number of nitrogens with zero attached hydrogens (tertiary/aromatic N) is 3. The van der Waals surface area contributed by atoms with E-state index in [1.807, 2.05) is 53.4 Å². The quantitative estimate of drug-likeness (QED) is 0.611. The zero-order valence-corrected chi connectivity index (χ0v) is 13.8.